The van der Waals surface area contributed by atoms with Crippen molar-refractivity contribution in [1.82, 2.24) is 4.90 Å². The highest BCUT2D eigenvalue weighted by atomic mass is 16.5. The van der Waals surface area contributed by atoms with Crippen molar-refractivity contribution in [2.24, 2.45) is 5.92 Å². The Morgan fingerprint density at radius 3 is 2.36 bits per heavy atom. The van der Waals surface area contributed by atoms with Gasteiger partial charge >= 0.3 is 0 Å². The van der Waals surface area contributed by atoms with E-state index in [-0.39, 0.29) is 11.8 Å². The molecule has 1 amide bonds. The van der Waals surface area contributed by atoms with Crippen LogP contribution in [0.2, 0.25) is 0 Å². The summed E-state index contributed by atoms with van der Waals surface area (Å²) >= 11 is 0. The van der Waals surface area contributed by atoms with Crippen LogP contribution >= 0.6 is 0 Å². The summed E-state index contributed by atoms with van der Waals surface area (Å²) in [6, 6.07) is 7.25. The maximum Gasteiger partial charge on any atom is 0.281 e. The Morgan fingerprint density at radius 1 is 1.32 bits per heavy atom. The lowest BCUT2D eigenvalue weighted by Gasteiger charge is -2.47. The van der Waals surface area contributed by atoms with Crippen LogP contribution in [0.5, 0.6) is 0 Å². The molecule has 120 valence electrons. The fourth-order valence-electron chi connectivity index (χ4n) is 3.85. The van der Waals surface area contributed by atoms with Crippen molar-refractivity contribution in [3.8, 4) is 0 Å². The zero-order chi connectivity index (χ0) is 15.9. The molecule has 2 atom stereocenters. The van der Waals surface area contributed by atoms with Gasteiger partial charge in [0, 0.05) is 30.1 Å². The minimum Gasteiger partial charge on any atom is -0.632 e. The number of hydrogen-bond donors (Lipinski definition) is 1. The first kappa shape index (κ1) is 15.5. The highest BCUT2D eigenvalue weighted by molar-refractivity contribution is 5.81. The summed E-state index contributed by atoms with van der Waals surface area (Å²) in [6.07, 6.45) is 0.156. The number of likely N-dealkylation sites (tertiary alicyclic amines) is 1. The van der Waals surface area contributed by atoms with Gasteiger partial charge in [0.05, 0.1) is 6.10 Å². The predicted octanol–water partition coefficient (Wildman–Crippen LogP) is 1.63. The number of hydroxylamine groups is 3. The second kappa shape index (κ2) is 5.65. The number of rotatable bonds is 3. The van der Waals surface area contributed by atoms with Gasteiger partial charge in [-0.15, -0.1) is 0 Å². The van der Waals surface area contributed by atoms with Crippen molar-refractivity contribution in [3.05, 3.63) is 40.6 Å². The molecule has 0 unspecified atom stereocenters. The minimum atomic E-state index is -0.599. The Balaban J connectivity index is 1.84. The third kappa shape index (κ3) is 2.64. The lowest BCUT2D eigenvalue weighted by Crippen LogP contribution is -2.57. The number of quaternary nitrogens is 1. The minimum absolute atomic E-state index is 0.0305. The number of aliphatic hydroxyl groups is 1. The van der Waals surface area contributed by atoms with Gasteiger partial charge in [0.25, 0.3) is 5.91 Å². The summed E-state index contributed by atoms with van der Waals surface area (Å²) in [4.78, 5) is 14.5. The number of β-amino-alcohol motifs (C(OH)–C–C–N with tert-alkyl or cyclic N) is 1. The van der Waals surface area contributed by atoms with Crippen LogP contribution in [0.1, 0.15) is 31.4 Å². The second-order valence-electron chi connectivity index (χ2n) is 6.95. The van der Waals surface area contributed by atoms with Gasteiger partial charge in [-0.1, -0.05) is 38.1 Å². The maximum atomic E-state index is 13.4. The summed E-state index contributed by atoms with van der Waals surface area (Å²) in [7, 11) is 0. The van der Waals surface area contributed by atoms with E-state index in [0.29, 0.717) is 32.6 Å². The average molecular weight is 304 g/mol. The van der Waals surface area contributed by atoms with Crippen LogP contribution in [0.25, 0.3) is 0 Å². The van der Waals surface area contributed by atoms with Gasteiger partial charge in [0.1, 0.15) is 13.1 Å². The van der Waals surface area contributed by atoms with Crippen LogP contribution < -0.4 is 0 Å². The van der Waals surface area contributed by atoms with E-state index in [4.69, 9.17) is 0 Å². The molecule has 2 aliphatic heterocycles. The Labute approximate surface area is 131 Å². The zero-order valence-electron chi connectivity index (χ0n) is 13.2. The lowest BCUT2D eigenvalue weighted by atomic mass is 10.0. The Bertz CT molecular complexity index is 548. The van der Waals surface area contributed by atoms with Crippen molar-refractivity contribution < 1.29 is 14.5 Å². The molecule has 1 N–H and O–H groups in total. The molecular weight excluding hydrogens is 280 g/mol. The van der Waals surface area contributed by atoms with Crippen LogP contribution in [-0.4, -0.2) is 45.8 Å². The van der Waals surface area contributed by atoms with Gasteiger partial charge in [-0.05, 0) is 6.42 Å². The lowest BCUT2D eigenvalue weighted by molar-refractivity contribution is -0.919. The molecule has 3 rings (SSSR count). The van der Waals surface area contributed by atoms with E-state index >= 15 is 0 Å². The van der Waals surface area contributed by atoms with Crippen LogP contribution in [-0.2, 0) is 17.9 Å². The summed E-state index contributed by atoms with van der Waals surface area (Å²) in [5.41, 5.74) is 2.11. The Kier molecular flexibility index (Phi) is 3.97. The normalized spacial score (nSPS) is 24.6. The number of fused-ring (bicyclic) bond motifs is 1. The molecule has 5 heteroatoms. The first-order valence-electron chi connectivity index (χ1n) is 8.02. The summed E-state index contributed by atoms with van der Waals surface area (Å²) in [5.74, 6) is -0.133. The SMILES string of the molecule is CC(C)[C@@H](C(=O)N1CC[C@@H](O)C1)[N+]1([O-])Cc2ccccc2C1. The van der Waals surface area contributed by atoms with Gasteiger partial charge in [-0.3, -0.25) is 4.79 Å². The highest BCUT2D eigenvalue weighted by Crippen LogP contribution is 2.35. The number of hydrogen-bond acceptors (Lipinski definition) is 3. The van der Waals surface area contributed by atoms with Gasteiger partial charge in [-0.25, -0.2) is 0 Å². The first-order valence-corrected chi connectivity index (χ1v) is 8.02. The molecular formula is C17H24N2O3. The van der Waals surface area contributed by atoms with Crippen molar-refractivity contribution in [3.63, 3.8) is 0 Å². The fraction of sp³-hybridized carbons (Fsp3) is 0.588. The molecule has 2 aliphatic rings. The second-order valence-corrected chi connectivity index (χ2v) is 6.95. The number of nitrogens with zero attached hydrogens (tertiary/aromatic N) is 2. The topological polar surface area (TPSA) is 63.6 Å². The monoisotopic (exact) mass is 304 g/mol. The van der Waals surface area contributed by atoms with Crippen molar-refractivity contribution in [2.75, 3.05) is 13.1 Å². The molecule has 1 fully saturated rings. The number of amides is 1. The van der Waals surface area contributed by atoms with Crippen LogP contribution in [0.4, 0.5) is 0 Å². The molecule has 0 aliphatic carbocycles. The summed E-state index contributed by atoms with van der Waals surface area (Å²) < 4.78 is -0.498. The highest BCUT2D eigenvalue weighted by Gasteiger charge is 2.44. The average Bonchev–Trinajstić information content (AvgIpc) is 3.00. The quantitative estimate of drug-likeness (QED) is 0.682. The Hall–Kier alpha value is -1.43. The number of carbonyl (C=O) groups is 1. The first-order chi connectivity index (χ1) is 10.4. The van der Waals surface area contributed by atoms with Crippen molar-refractivity contribution in [2.45, 2.75) is 45.5 Å². The van der Waals surface area contributed by atoms with Gasteiger partial charge in [0.2, 0.25) is 0 Å². The van der Waals surface area contributed by atoms with Crippen LogP contribution in [0.3, 0.4) is 0 Å². The van der Waals surface area contributed by atoms with E-state index in [0.717, 1.165) is 11.1 Å². The summed E-state index contributed by atoms with van der Waals surface area (Å²) in [5, 5.41) is 23.1. The largest absolute Gasteiger partial charge is 0.632 e. The van der Waals surface area contributed by atoms with Gasteiger partial charge in [0.15, 0.2) is 6.04 Å². The number of benzene rings is 1. The molecule has 22 heavy (non-hydrogen) atoms. The van der Waals surface area contributed by atoms with Gasteiger partial charge in [-0.2, -0.15) is 0 Å². The third-order valence-corrected chi connectivity index (χ3v) is 4.86. The van der Waals surface area contributed by atoms with Crippen molar-refractivity contribution in [1.29, 1.82) is 0 Å². The molecule has 0 spiro atoms. The van der Waals surface area contributed by atoms with E-state index in [9.17, 15) is 15.1 Å². The molecule has 5 nitrogen and oxygen atoms in total. The third-order valence-electron chi connectivity index (χ3n) is 4.86. The van der Waals surface area contributed by atoms with Crippen LogP contribution in [0, 0.1) is 11.1 Å². The molecule has 0 radical (unpaired) electrons. The van der Waals surface area contributed by atoms with E-state index in [2.05, 4.69) is 0 Å². The molecule has 0 bridgehead atoms. The number of carbonyl (C=O) groups excluding carboxylic acids is 1. The van der Waals surface area contributed by atoms with E-state index in [1.807, 2.05) is 38.1 Å². The number of aliphatic hydroxyl groups excluding tert-OH is 1. The molecule has 1 aromatic rings. The van der Waals surface area contributed by atoms with E-state index in [1.54, 1.807) is 4.90 Å². The van der Waals surface area contributed by atoms with E-state index < -0.39 is 16.8 Å². The Morgan fingerprint density at radius 2 is 1.91 bits per heavy atom. The van der Waals surface area contributed by atoms with E-state index in [1.165, 1.54) is 0 Å². The predicted molar refractivity (Wildman–Crippen MR) is 83.3 cm³/mol. The summed E-state index contributed by atoms with van der Waals surface area (Å²) in [6.45, 7) is 5.51. The molecule has 2 heterocycles. The zero-order valence-corrected chi connectivity index (χ0v) is 13.2. The van der Waals surface area contributed by atoms with Crippen LogP contribution in [0.15, 0.2) is 24.3 Å². The smallest absolute Gasteiger partial charge is 0.281 e. The molecule has 1 aromatic carbocycles. The fourth-order valence-corrected chi connectivity index (χ4v) is 3.85. The maximum absolute atomic E-state index is 13.4. The molecule has 0 aromatic heterocycles. The standard InChI is InChI=1S/C17H24N2O3/c1-12(2)16(17(21)18-8-7-15(20)9-18)19(22)10-13-5-3-4-6-14(13)11-19/h3-6,12,15-16,20H,7-11H2,1-2H3/t15-,16+/m1/s1. The van der Waals surface area contributed by atoms with Gasteiger partial charge < -0.3 is 19.9 Å². The molecule has 1 saturated heterocycles. The van der Waals surface area contributed by atoms with Crippen molar-refractivity contribution >= 4 is 5.91 Å². The molecule has 0 saturated carbocycles.